The zero-order chi connectivity index (χ0) is 17.4. The zero-order valence-corrected chi connectivity index (χ0v) is 14.7. The smallest absolute Gasteiger partial charge is 0.272 e. The summed E-state index contributed by atoms with van der Waals surface area (Å²) in [5, 5.41) is 3.26. The minimum absolute atomic E-state index is 0.0281. The highest BCUT2D eigenvalue weighted by Gasteiger charge is 2.16. The molecule has 128 valence electrons. The molecule has 0 saturated carbocycles. The molecule has 0 saturated heterocycles. The van der Waals surface area contributed by atoms with E-state index in [1.165, 1.54) is 17.5 Å². The van der Waals surface area contributed by atoms with Crippen molar-refractivity contribution < 1.29 is 4.79 Å². The van der Waals surface area contributed by atoms with E-state index < -0.39 is 0 Å². The topological polar surface area (TPSA) is 58.1 Å². The number of benzene rings is 1. The molecule has 1 aromatic carbocycles. The Morgan fingerprint density at radius 3 is 2.54 bits per heavy atom. The lowest BCUT2D eigenvalue weighted by atomic mass is 10.1. The Morgan fingerprint density at radius 2 is 1.88 bits per heavy atom. The Kier molecular flexibility index (Phi) is 6.73. The first-order valence-corrected chi connectivity index (χ1v) is 8.54. The minimum Gasteiger partial charge on any atom is -0.366 e. The highest BCUT2D eigenvalue weighted by molar-refractivity contribution is 5.92. The van der Waals surface area contributed by atoms with Crippen molar-refractivity contribution in [2.75, 3.05) is 18.4 Å². The molecule has 0 radical (unpaired) electrons. The van der Waals surface area contributed by atoms with Crippen LogP contribution >= 0.6 is 0 Å². The number of aromatic nitrogens is 2. The Balaban J connectivity index is 2.06. The molecule has 0 aliphatic carbocycles. The molecule has 2 aromatic rings. The van der Waals surface area contributed by atoms with E-state index in [9.17, 15) is 4.79 Å². The van der Waals surface area contributed by atoms with Crippen LogP contribution in [0.4, 0.5) is 5.82 Å². The van der Waals surface area contributed by atoms with Crippen molar-refractivity contribution in [3.63, 3.8) is 0 Å². The van der Waals surface area contributed by atoms with Crippen LogP contribution in [-0.2, 0) is 6.54 Å². The Hall–Kier alpha value is -2.43. The van der Waals surface area contributed by atoms with Crippen LogP contribution < -0.4 is 5.32 Å². The number of amides is 1. The lowest BCUT2D eigenvalue weighted by Crippen LogP contribution is -2.33. The second-order valence-corrected chi connectivity index (χ2v) is 5.92. The van der Waals surface area contributed by atoms with Gasteiger partial charge in [0, 0.05) is 25.7 Å². The van der Waals surface area contributed by atoms with E-state index in [-0.39, 0.29) is 5.91 Å². The monoisotopic (exact) mass is 326 g/mol. The molecule has 1 N–H and O–H groups in total. The van der Waals surface area contributed by atoms with Crippen LogP contribution in [0.5, 0.6) is 0 Å². The summed E-state index contributed by atoms with van der Waals surface area (Å²) in [5.41, 5.74) is 2.85. The van der Waals surface area contributed by atoms with E-state index in [0.29, 0.717) is 18.1 Å². The fourth-order valence-corrected chi connectivity index (χ4v) is 2.60. The number of rotatable bonds is 8. The SMILES string of the molecule is CCCN(CCC)C(=O)c1cc(NCc2cccc(C)c2)ncn1. The summed E-state index contributed by atoms with van der Waals surface area (Å²) in [4.78, 5) is 22.8. The van der Waals surface area contributed by atoms with Gasteiger partial charge in [-0.3, -0.25) is 4.79 Å². The van der Waals surface area contributed by atoms with E-state index in [4.69, 9.17) is 0 Å². The van der Waals surface area contributed by atoms with Gasteiger partial charge in [0.1, 0.15) is 17.8 Å². The van der Waals surface area contributed by atoms with Gasteiger partial charge in [0.05, 0.1) is 0 Å². The van der Waals surface area contributed by atoms with Crippen molar-refractivity contribution in [2.45, 2.75) is 40.2 Å². The summed E-state index contributed by atoms with van der Waals surface area (Å²) in [5.74, 6) is 0.641. The third-order valence-corrected chi connectivity index (χ3v) is 3.72. The summed E-state index contributed by atoms with van der Waals surface area (Å²) in [7, 11) is 0. The van der Waals surface area contributed by atoms with Gasteiger partial charge in [0.15, 0.2) is 0 Å². The van der Waals surface area contributed by atoms with Gasteiger partial charge in [-0.25, -0.2) is 9.97 Å². The number of hydrogen-bond donors (Lipinski definition) is 1. The van der Waals surface area contributed by atoms with Gasteiger partial charge in [-0.2, -0.15) is 0 Å². The second-order valence-electron chi connectivity index (χ2n) is 5.92. The molecule has 0 unspecified atom stereocenters. The number of carbonyl (C=O) groups excluding carboxylic acids is 1. The molecule has 0 atom stereocenters. The average Bonchev–Trinajstić information content (AvgIpc) is 2.59. The van der Waals surface area contributed by atoms with Crippen LogP contribution in [0.3, 0.4) is 0 Å². The maximum atomic E-state index is 12.6. The van der Waals surface area contributed by atoms with Crippen LogP contribution in [-0.4, -0.2) is 33.9 Å². The van der Waals surface area contributed by atoms with E-state index in [1.54, 1.807) is 6.07 Å². The fraction of sp³-hybridized carbons (Fsp3) is 0.421. The summed E-state index contributed by atoms with van der Waals surface area (Å²) in [6.45, 7) is 8.39. The predicted molar refractivity (Wildman–Crippen MR) is 97.0 cm³/mol. The van der Waals surface area contributed by atoms with Crippen molar-refractivity contribution >= 4 is 11.7 Å². The summed E-state index contributed by atoms with van der Waals surface area (Å²) >= 11 is 0. The molecule has 5 heteroatoms. The lowest BCUT2D eigenvalue weighted by Gasteiger charge is -2.21. The number of aryl methyl sites for hydroxylation is 1. The summed E-state index contributed by atoms with van der Waals surface area (Å²) in [6.07, 6.45) is 3.33. The fourth-order valence-electron chi connectivity index (χ4n) is 2.60. The van der Waals surface area contributed by atoms with Crippen molar-refractivity contribution in [1.29, 1.82) is 0 Å². The molecular formula is C19H26N4O. The molecular weight excluding hydrogens is 300 g/mol. The first-order chi connectivity index (χ1) is 11.6. The Bertz CT molecular complexity index is 666. The van der Waals surface area contributed by atoms with Crippen molar-refractivity contribution in [3.05, 3.63) is 53.5 Å². The number of carbonyl (C=O) groups is 1. The molecule has 1 aromatic heterocycles. The first-order valence-electron chi connectivity index (χ1n) is 8.54. The quantitative estimate of drug-likeness (QED) is 0.804. The standard InChI is InChI=1S/C19H26N4O/c1-4-9-23(10-5-2)19(24)17-12-18(22-14-21-17)20-13-16-8-6-7-15(3)11-16/h6-8,11-12,14H,4-5,9-10,13H2,1-3H3,(H,20,21,22). The molecule has 0 aliphatic heterocycles. The second kappa shape index (κ2) is 9.01. The number of hydrogen-bond acceptors (Lipinski definition) is 4. The van der Waals surface area contributed by atoms with Crippen LogP contribution in [0.15, 0.2) is 36.7 Å². The van der Waals surface area contributed by atoms with Crippen LogP contribution in [0.2, 0.25) is 0 Å². The van der Waals surface area contributed by atoms with Crippen molar-refractivity contribution in [1.82, 2.24) is 14.9 Å². The summed E-state index contributed by atoms with van der Waals surface area (Å²) in [6, 6.07) is 10.0. The highest BCUT2D eigenvalue weighted by atomic mass is 16.2. The molecule has 1 heterocycles. The van der Waals surface area contributed by atoms with Gasteiger partial charge in [0.25, 0.3) is 5.91 Å². The molecule has 0 aliphatic rings. The van der Waals surface area contributed by atoms with Crippen LogP contribution in [0.25, 0.3) is 0 Å². The molecule has 0 bridgehead atoms. The largest absolute Gasteiger partial charge is 0.366 e. The molecule has 24 heavy (non-hydrogen) atoms. The molecule has 2 rings (SSSR count). The molecule has 1 amide bonds. The summed E-state index contributed by atoms with van der Waals surface area (Å²) < 4.78 is 0. The van der Waals surface area contributed by atoms with Crippen molar-refractivity contribution in [2.24, 2.45) is 0 Å². The first kappa shape index (κ1) is 17.9. The third kappa shape index (κ3) is 5.05. The number of nitrogens with one attached hydrogen (secondary N) is 1. The maximum Gasteiger partial charge on any atom is 0.272 e. The van der Waals surface area contributed by atoms with Gasteiger partial charge >= 0.3 is 0 Å². The maximum absolute atomic E-state index is 12.6. The Morgan fingerprint density at radius 1 is 1.12 bits per heavy atom. The lowest BCUT2D eigenvalue weighted by molar-refractivity contribution is 0.0749. The third-order valence-electron chi connectivity index (χ3n) is 3.72. The van der Waals surface area contributed by atoms with E-state index in [0.717, 1.165) is 25.9 Å². The highest BCUT2D eigenvalue weighted by Crippen LogP contribution is 2.11. The van der Waals surface area contributed by atoms with Gasteiger partial charge in [-0.15, -0.1) is 0 Å². The van der Waals surface area contributed by atoms with E-state index in [2.05, 4.69) is 54.3 Å². The van der Waals surface area contributed by atoms with Gasteiger partial charge in [-0.05, 0) is 25.3 Å². The molecule has 5 nitrogen and oxygen atoms in total. The van der Waals surface area contributed by atoms with Gasteiger partial charge < -0.3 is 10.2 Å². The van der Waals surface area contributed by atoms with Crippen molar-refractivity contribution in [3.8, 4) is 0 Å². The molecule has 0 fully saturated rings. The van der Waals surface area contributed by atoms with Crippen LogP contribution in [0.1, 0.15) is 48.3 Å². The Labute approximate surface area is 144 Å². The predicted octanol–water partition coefficient (Wildman–Crippen LogP) is 3.66. The average molecular weight is 326 g/mol. The van der Waals surface area contributed by atoms with E-state index >= 15 is 0 Å². The minimum atomic E-state index is -0.0281. The van der Waals surface area contributed by atoms with Crippen LogP contribution in [0, 0.1) is 6.92 Å². The number of anilines is 1. The van der Waals surface area contributed by atoms with Gasteiger partial charge in [-0.1, -0.05) is 43.7 Å². The molecule has 0 spiro atoms. The normalized spacial score (nSPS) is 10.5. The zero-order valence-electron chi connectivity index (χ0n) is 14.7. The van der Waals surface area contributed by atoms with E-state index in [1.807, 2.05) is 11.0 Å². The van der Waals surface area contributed by atoms with Gasteiger partial charge in [0.2, 0.25) is 0 Å². The number of nitrogens with zero attached hydrogens (tertiary/aromatic N) is 3.